The van der Waals surface area contributed by atoms with Crippen molar-refractivity contribution in [2.24, 2.45) is 5.73 Å². The summed E-state index contributed by atoms with van der Waals surface area (Å²) in [6.07, 6.45) is 0. The van der Waals surface area contributed by atoms with Crippen molar-refractivity contribution in [2.75, 3.05) is 7.11 Å². The lowest BCUT2D eigenvalue weighted by Gasteiger charge is -2.34. The third-order valence-corrected chi connectivity index (χ3v) is 10.6. The summed E-state index contributed by atoms with van der Waals surface area (Å²) < 4.78 is 5.42. The number of ether oxygens (including phenoxy) is 1. The van der Waals surface area contributed by atoms with E-state index in [0.717, 1.165) is 32.8 Å². The standard InChI is InChI=1S/C28H26NO2P.ClH/c1-21-20-22(31-2)18-19-26(21)27(28(29)30)32(23-12-6-3-7-13-23,24-14-8-4-9-15-24)25-16-10-5-11-17-25;/h3-20,27H,1-2H3,(H-,29,30);1H. The average molecular weight is 476 g/mol. The zero-order valence-electron chi connectivity index (χ0n) is 18.7. The number of nitrogens with two attached hydrogens (primary N) is 1. The zero-order chi connectivity index (χ0) is 22.6. The van der Waals surface area contributed by atoms with Gasteiger partial charge in [-0.1, -0.05) is 60.7 Å². The molecule has 0 radical (unpaired) electrons. The minimum Gasteiger partial charge on any atom is -1.00 e. The number of benzene rings is 4. The summed E-state index contributed by atoms with van der Waals surface area (Å²) in [6, 6.07) is 36.9. The minimum atomic E-state index is -2.51. The van der Waals surface area contributed by atoms with Gasteiger partial charge in [0.2, 0.25) is 0 Å². The number of hydrogen-bond acceptors (Lipinski definition) is 2. The highest BCUT2D eigenvalue weighted by molar-refractivity contribution is 7.96. The molecule has 0 aliphatic carbocycles. The van der Waals surface area contributed by atoms with E-state index in [4.69, 9.17) is 10.5 Å². The fourth-order valence-electron chi connectivity index (χ4n) is 4.52. The van der Waals surface area contributed by atoms with Crippen molar-refractivity contribution in [3.8, 4) is 5.75 Å². The van der Waals surface area contributed by atoms with Gasteiger partial charge in [0, 0.05) is 5.56 Å². The van der Waals surface area contributed by atoms with E-state index in [1.165, 1.54) is 0 Å². The molecule has 0 heterocycles. The monoisotopic (exact) mass is 475 g/mol. The van der Waals surface area contributed by atoms with Crippen molar-refractivity contribution in [2.45, 2.75) is 12.6 Å². The van der Waals surface area contributed by atoms with Crippen LogP contribution in [0.25, 0.3) is 0 Å². The molecule has 4 rings (SSSR count). The van der Waals surface area contributed by atoms with Gasteiger partial charge in [-0.15, -0.1) is 0 Å². The summed E-state index contributed by atoms with van der Waals surface area (Å²) in [7, 11) is -0.859. The van der Waals surface area contributed by atoms with Crippen LogP contribution in [0.4, 0.5) is 0 Å². The second-order valence-corrected chi connectivity index (χ2v) is 11.3. The van der Waals surface area contributed by atoms with Gasteiger partial charge >= 0.3 is 0 Å². The maximum absolute atomic E-state index is 13.4. The summed E-state index contributed by atoms with van der Waals surface area (Å²) in [5.41, 5.74) is 7.66. The number of hydrogen-bond donors (Lipinski definition) is 1. The summed E-state index contributed by atoms with van der Waals surface area (Å²) in [6.45, 7) is 2.02. The number of amides is 1. The fourth-order valence-corrected chi connectivity index (χ4v) is 9.32. The number of primary amides is 1. The van der Waals surface area contributed by atoms with Gasteiger partial charge in [-0.3, -0.25) is 4.79 Å². The third kappa shape index (κ3) is 4.53. The Labute approximate surface area is 202 Å². The van der Waals surface area contributed by atoms with Gasteiger partial charge in [-0.25, -0.2) is 0 Å². The lowest BCUT2D eigenvalue weighted by molar-refractivity contribution is -0.117. The molecule has 4 aromatic rings. The molecule has 2 N–H and O–H groups in total. The van der Waals surface area contributed by atoms with Crippen LogP contribution < -0.4 is 38.8 Å². The molecule has 1 unspecified atom stereocenters. The van der Waals surface area contributed by atoms with Gasteiger partial charge in [-0.05, 0) is 61.0 Å². The number of methoxy groups -OCH3 is 1. The van der Waals surface area contributed by atoms with E-state index in [-0.39, 0.29) is 18.3 Å². The highest BCUT2D eigenvalue weighted by Crippen LogP contribution is 2.67. The number of rotatable bonds is 7. The van der Waals surface area contributed by atoms with Crippen LogP contribution in [-0.2, 0) is 4.79 Å². The first-order valence-electron chi connectivity index (χ1n) is 10.6. The Kier molecular flexibility index (Phi) is 7.92. The smallest absolute Gasteiger partial charge is 0.264 e. The van der Waals surface area contributed by atoms with E-state index < -0.39 is 12.9 Å². The zero-order valence-corrected chi connectivity index (χ0v) is 20.3. The molecule has 0 bridgehead atoms. The first kappa shape index (κ1) is 24.5. The topological polar surface area (TPSA) is 52.3 Å². The van der Waals surface area contributed by atoms with Crippen LogP contribution in [0.1, 0.15) is 16.8 Å². The van der Waals surface area contributed by atoms with Crippen LogP contribution in [0, 0.1) is 6.92 Å². The van der Waals surface area contributed by atoms with E-state index in [2.05, 4.69) is 36.4 Å². The molecular formula is C28H27ClNO2P. The number of aryl methyl sites for hydroxylation is 1. The van der Waals surface area contributed by atoms with Crippen LogP contribution in [0.2, 0.25) is 0 Å². The SMILES string of the molecule is COc1ccc(C(C(N)=O)[P+](c2ccccc2)(c2ccccc2)c2ccccc2)c(C)c1.[Cl-]. The number of carbonyl (C=O) groups is 1. The van der Waals surface area contributed by atoms with Crippen LogP contribution in [-0.4, -0.2) is 13.0 Å². The molecule has 1 amide bonds. The minimum absolute atomic E-state index is 0. The second-order valence-electron chi connectivity index (χ2n) is 7.76. The van der Waals surface area contributed by atoms with Gasteiger partial charge < -0.3 is 22.9 Å². The van der Waals surface area contributed by atoms with Gasteiger partial charge in [0.1, 0.15) is 28.9 Å². The molecule has 1 atom stereocenters. The van der Waals surface area contributed by atoms with E-state index in [9.17, 15) is 4.79 Å². The maximum atomic E-state index is 13.4. The number of halogens is 1. The Morgan fingerprint density at radius 2 is 1.18 bits per heavy atom. The summed E-state index contributed by atoms with van der Waals surface area (Å²) in [5, 5.41) is 3.37. The van der Waals surface area contributed by atoms with Crippen LogP contribution in [0.5, 0.6) is 5.75 Å². The molecule has 0 saturated carbocycles. The molecule has 0 saturated heterocycles. The van der Waals surface area contributed by atoms with Gasteiger partial charge in [0.05, 0.1) is 7.11 Å². The van der Waals surface area contributed by atoms with Crippen molar-refractivity contribution in [3.05, 3.63) is 120 Å². The average Bonchev–Trinajstić information content (AvgIpc) is 2.84. The van der Waals surface area contributed by atoms with Gasteiger partial charge in [0.15, 0.2) is 5.66 Å². The second kappa shape index (κ2) is 10.7. The fraction of sp³-hybridized carbons (Fsp3) is 0.107. The molecule has 33 heavy (non-hydrogen) atoms. The van der Waals surface area contributed by atoms with E-state index in [1.54, 1.807) is 7.11 Å². The van der Waals surface area contributed by atoms with Crippen molar-refractivity contribution in [3.63, 3.8) is 0 Å². The maximum Gasteiger partial charge on any atom is 0.264 e. The highest BCUT2D eigenvalue weighted by Gasteiger charge is 2.56. The Morgan fingerprint density at radius 3 is 1.52 bits per heavy atom. The van der Waals surface area contributed by atoms with Gasteiger partial charge in [-0.2, -0.15) is 0 Å². The molecular weight excluding hydrogens is 449 g/mol. The lowest BCUT2D eigenvalue weighted by atomic mass is 10.0. The Balaban J connectivity index is 0.00000306. The molecule has 5 heteroatoms. The summed E-state index contributed by atoms with van der Waals surface area (Å²) in [4.78, 5) is 13.4. The molecule has 0 aromatic heterocycles. The largest absolute Gasteiger partial charge is 1.00 e. The normalized spacial score (nSPS) is 11.8. The molecule has 0 aliphatic rings. The summed E-state index contributed by atoms with van der Waals surface area (Å²) >= 11 is 0. The lowest BCUT2D eigenvalue weighted by Crippen LogP contribution is -3.00. The van der Waals surface area contributed by atoms with Gasteiger partial charge in [0.25, 0.3) is 5.91 Å². The van der Waals surface area contributed by atoms with Crippen molar-refractivity contribution >= 4 is 29.1 Å². The van der Waals surface area contributed by atoms with Crippen LogP contribution >= 0.6 is 7.26 Å². The van der Waals surface area contributed by atoms with Crippen LogP contribution in [0.3, 0.4) is 0 Å². The molecule has 168 valence electrons. The van der Waals surface area contributed by atoms with Crippen LogP contribution in [0.15, 0.2) is 109 Å². The van der Waals surface area contributed by atoms with Crippen molar-refractivity contribution < 1.29 is 21.9 Å². The first-order chi connectivity index (χ1) is 15.6. The van der Waals surface area contributed by atoms with E-state index >= 15 is 0 Å². The van der Waals surface area contributed by atoms with E-state index in [1.807, 2.05) is 79.7 Å². The first-order valence-corrected chi connectivity index (χ1v) is 12.4. The predicted molar refractivity (Wildman–Crippen MR) is 135 cm³/mol. The highest BCUT2D eigenvalue weighted by atomic mass is 35.5. The quantitative estimate of drug-likeness (QED) is 0.412. The number of carbonyl (C=O) groups excluding carboxylic acids is 1. The molecule has 3 nitrogen and oxygen atoms in total. The Hall–Kier alpha value is -3.13. The Morgan fingerprint density at radius 1 is 0.758 bits per heavy atom. The van der Waals surface area contributed by atoms with Crippen molar-refractivity contribution in [1.82, 2.24) is 0 Å². The molecule has 0 fully saturated rings. The van der Waals surface area contributed by atoms with E-state index in [0.29, 0.717) is 0 Å². The molecule has 4 aromatic carbocycles. The third-order valence-electron chi connectivity index (χ3n) is 5.92. The predicted octanol–water partition coefficient (Wildman–Crippen LogP) is 1.53. The van der Waals surface area contributed by atoms with Crippen molar-refractivity contribution in [1.29, 1.82) is 0 Å². The summed E-state index contributed by atoms with van der Waals surface area (Å²) in [5.74, 6) is 0.431. The molecule has 0 aliphatic heterocycles. The molecule has 0 spiro atoms. The Bertz CT molecular complexity index is 1100.